The van der Waals surface area contributed by atoms with E-state index in [1.54, 1.807) is 36.4 Å². The number of carbonyl (C=O) groups excluding carboxylic acids is 2. The van der Waals surface area contributed by atoms with Crippen LogP contribution in [0.15, 0.2) is 78.6 Å². The van der Waals surface area contributed by atoms with Crippen LogP contribution in [0.2, 0.25) is 0 Å². The van der Waals surface area contributed by atoms with E-state index in [0.717, 1.165) is 35.3 Å². The zero-order valence-electron chi connectivity index (χ0n) is 16.8. The molecule has 0 bridgehead atoms. The largest absolute Gasteiger partial charge is 0.322 e. The summed E-state index contributed by atoms with van der Waals surface area (Å²) in [6.45, 7) is 2.47. The number of benzene rings is 2. The van der Waals surface area contributed by atoms with E-state index in [1.165, 1.54) is 0 Å². The smallest absolute Gasteiger partial charge is 0.259 e. The summed E-state index contributed by atoms with van der Waals surface area (Å²) >= 11 is 0. The Kier molecular flexibility index (Phi) is 5.70. The molecule has 0 saturated heterocycles. The van der Waals surface area contributed by atoms with Gasteiger partial charge in [-0.1, -0.05) is 30.3 Å². The molecule has 1 aromatic heterocycles. The molecule has 2 amide bonds. The third-order valence-corrected chi connectivity index (χ3v) is 5.15. The van der Waals surface area contributed by atoms with E-state index in [4.69, 9.17) is 0 Å². The van der Waals surface area contributed by atoms with Crippen LogP contribution < -0.4 is 10.2 Å². The van der Waals surface area contributed by atoms with Crippen LogP contribution in [-0.4, -0.2) is 23.3 Å². The molecule has 0 fully saturated rings. The van der Waals surface area contributed by atoms with Crippen LogP contribution in [0.4, 0.5) is 11.4 Å². The number of amides is 2. The summed E-state index contributed by atoms with van der Waals surface area (Å²) in [5.74, 6) is -0.194. The molecule has 1 aliphatic heterocycles. The van der Waals surface area contributed by atoms with Crippen molar-refractivity contribution in [3.05, 3.63) is 95.3 Å². The first-order valence-corrected chi connectivity index (χ1v) is 10.0. The average Bonchev–Trinajstić information content (AvgIpc) is 2.79. The second-order valence-electron chi connectivity index (χ2n) is 7.34. The van der Waals surface area contributed by atoms with Gasteiger partial charge in [0.25, 0.3) is 11.8 Å². The summed E-state index contributed by atoms with van der Waals surface area (Å²) in [4.78, 5) is 31.3. The third kappa shape index (κ3) is 4.30. The second kappa shape index (κ2) is 8.74. The number of anilines is 2. The van der Waals surface area contributed by atoms with Crippen molar-refractivity contribution in [3.63, 3.8) is 0 Å². The minimum absolute atomic E-state index is 0.0533. The summed E-state index contributed by atoms with van der Waals surface area (Å²) in [5, 5.41) is 2.97. The van der Waals surface area contributed by atoms with Crippen LogP contribution >= 0.6 is 0 Å². The number of aromatic nitrogens is 1. The molecule has 1 aliphatic rings. The van der Waals surface area contributed by atoms with E-state index in [-0.39, 0.29) is 11.8 Å². The van der Waals surface area contributed by atoms with Crippen molar-refractivity contribution in [3.8, 4) is 0 Å². The molecule has 30 heavy (non-hydrogen) atoms. The van der Waals surface area contributed by atoms with Crippen molar-refractivity contribution in [2.24, 2.45) is 0 Å². The monoisotopic (exact) mass is 397 g/mol. The van der Waals surface area contributed by atoms with Crippen molar-refractivity contribution < 1.29 is 9.59 Å². The van der Waals surface area contributed by atoms with E-state index in [2.05, 4.69) is 10.3 Å². The van der Waals surface area contributed by atoms with E-state index in [9.17, 15) is 9.59 Å². The lowest BCUT2D eigenvalue weighted by atomic mass is 10.00. The first kappa shape index (κ1) is 19.6. The first-order valence-electron chi connectivity index (χ1n) is 10.0. The molecule has 0 radical (unpaired) electrons. The summed E-state index contributed by atoms with van der Waals surface area (Å²) in [6.07, 6.45) is 6.86. The van der Waals surface area contributed by atoms with Crippen molar-refractivity contribution in [2.75, 3.05) is 16.8 Å². The molecule has 0 aliphatic carbocycles. The van der Waals surface area contributed by atoms with Crippen LogP contribution in [0.25, 0.3) is 6.08 Å². The number of fused-ring (bicyclic) bond motifs is 1. The minimum Gasteiger partial charge on any atom is -0.322 e. The van der Waals surface area contributed by atoms with Crippen LogP contribution in [0.1, 0.15) is 34.8 Å². The zero-order chi connectivity index (χ0) is 20.9. The molecule has 2 heterocycles. The molecule has 0 spiro atoms. The number of nitrogens with one attached hydrogen (secondary N) is 1. The molecule has 5 heteroatoms. The number of aryl methyl sites for hydroxylation is 1. The fourth-order valence-electron chi connectivity index (χ4n) is 3.63. The summed E-state index contributed by atoms with van der Waals surface area (Å²) < 4.78 is 0. The Morgan fingerprint density at radius 3 is 2.67 bits per heavy atom. The number of hydrogen-bond donors (Lipinski definition) is 1. The first-order chi connectivity index (χ1) is 14.6. The Morgan fingerprint density at radius 2 is 1.90 bits per heavy atom. The molecule has 150 valence electrons. The molecular formula is C25H23N3O2. The van der Waals surface area contributed by atoms with Gasteiger partial charge in [0.15, 0.2) is 0 Å². The van der Waals surface area contributed by atoms with E-state index in [1.807, 2.05) is 54.6 Å². The Hall–Kier alpha value is -3.73. The second-order valence-corrected chi connectivity index (χ2v) is 7.34. The predicted octanol–water partition coefficient (Wildman–Crippen LogP) is 4.72. The fraction of sp³-hybridized carbons (Fsp3) is 0.160. The molecule has 2 aromatic carbocycles. The lowest BCUT2D eigenvalue weighted by Crippen LogP contribution is -2.35. The maximum Gasteiger partial charge on any atom is 0.259 e. The number of hydrogen-bond acceptors (Lipinski definition) is 3. The summed E-state index contributed by atoms with van der Waals surface area (Å²) in [6, 6.07) is 19.0. The standard InChI is InChI=1S/C25H23N3O2/c1-18(15-19-7-3-2-4-8-19)24(29)27-22-11-12-23-20(16-22)10-6-14-28(23)25(30)21-9-5-13-26-17-21/h2-5,7-9,11-13,15-17H,6,10,14H2,1H3,(H,27,29)/b18-15+. The average molecular weight is 397 g/mol. The maximum absolute atomic E-state index is 12.9. The quantitative estimate of drug-likeness (QED) is 0.648. The molecule has 0 saturated carbocycles. The number of nitrogens with zero attached hydrogens (tertiary/aromatic N) is 2. The van der Waals surface area contributed by atoms with Gasteiger partial charge in [-0.25, -0.2) is 0 Å². The molecular weight excluding hydrogens is 374 g/mol. The van der Waals surface area contributed by atoms with Gasteiger partial charge < -0.3 is 10.2 Å². The van der Waals surface area contributed by atoms with Crippen molar-refractivity contribution in [1.29, 1.82) is 0 Å². The topological polar surface area (TPSA) is 62.3 Å². The normalized spacial score (nSPS) is 13.5. The van der Waals surface area contributed by atoms with Crippen molar-refractivity contribution in [1.82, 2.24) is 4.98 Å². The highest BCUT2D eigenvalue weighted by molar-refractivity contribution is 6.08. The lowest BCUT2D eigenvalue weighted by molar-refractivity contribution is -0.112. The Bertz CT molecular complexity index is 1090. The SMILES string of the molecule is C/C(=C\c1ccccc1)C(=O)Nc1ccc2c(c1)CCCN2C(=O)c1cccnc1. The number of pyridine rings is 1. The van der Waals surface area contributed by atoms with Gasteiger partial charge in [-0.3, -0.25) is 14.6 Å². The highest BCUT2D eigenvalue weighted by atomic mass is 16.2. The minimum atomic E-state index is -0.141. The Balaban J connectivity index is 1.52. The highest BCUT2D eigenvalue weighted by Crippen LogP contribution is 2.31. The van der Waals surface area contributed by atoms with Gasteiger partial charge >= 0.3 is 0 Å². The summed E-state index contributed by atoms with van der Waals surface area (Å²) in [7, 11) is 0. The van der Waals surface area contributed by atoms with E-state index >= 15 is 0 Å². The van der Waals surface area contributed by atoms with E-state index < -0.39 is 0 Å². The Labute approximate surface area is 176 Å². The molecule has 4 rings (SSSR count). The summed E-state index contributed by atoms with van der Waals surface area (Å²) in [5.41, 5.74) is 4.87. The predicted molar refractivity (Wildman–Crippen MR) is 119 cm³/mol. The maximum atomic E-state index is 12.9. The Morgan fingerprint density at radius 1 is 1.07 bits per heavy atom. The lowest BCUT2D eigenvalue weighted by Gasteiger charge is -2.30. The van der Waals surface area contributed by atoms with Crippen LogP contribution in [-0.2, 0) is 11.2 Å². The van der Waals surface area contributed by atoms with Crippen LogP contribution in [0.3, 0.4) is 0 Å². The van der Waals surface area contributed by atoms with E-state index in [0.29, 0.717) is 17.7 Å². The van der Waals surface area contributed by atoms with Gasteiger partial charge in [0.1, 0.15) is 0 Å². The van der Waals surface area contributed by atoms with Crippen molar-refractivity contribution >= 4 is 29.3 Å². The van der Waals surface area contributed by atoms with Gasteiger partial charge in [-0.05, 0) is 67.3 Å². The van der Waals surface area contributed by atoms with Crippen LogP contribution in [0.5, 0.6) is 0 Å². The molecule has 0 unspecified atom stereocenters. The fourth-order valence-corrected chi connectivity index (χ4v) is 3.63. The van der Waals surface area contributed by atoms with Gasteiger partial charge in [-0.15, -0.1) is 0 Å². The molecule has 0 atom stereocenters. The molecule has 5 nitrogen and oxygen atoms in total. The molecule has 3 aromatic rings. The highest BCUT2D eigenvalue weighted by Gasteiger charge is 2.24. The van der Waals surface area contributed by atoms with Gasteiger partial charge in [0.05, 0.1) is 5.56 Å². The number of carbonyl (C=O) groups is 2. The van der Waals surface area contributed by atoms with Gasteiger partial charge in [0.2, 0.25) is 0 Å². The van der Waals surface area contributed by atoms with Crippen molar-refractivity contribution in [2.45, 2.75) is 19.8 Å². The number of rotatable bonds is 4. The third-order valence-electron chi connectivity index (χ3n) is 5.15. The van der Waals surface area contributed by atoms with Gasteiger partial charge in [0, 0.05) is 35.9 Å². The molecule has 1 N–H and O–H groups in total. The zero-order valence-corrected chi connectivity index (χ0v) is 16.8. The van der Waals surface area contributed by atoms with Gasteiger partial charge in [-0.2, -0.15) is 0 Å². The van der Waals surface area contributed by atoms with Crippen LogP contribution in [0, 0.1) is 0 Å².